The van der Waals surface area contributed by atoms with E-state index < -0.39 is 5.97 Å². The summed E-state index contributed by atoms with van der Waals surface area (Å²) in [7, 11) is 0. The van der Waals surface area contributed by atoms with Crippen molar-refractivity contribution in [2.45, 2.75) is 0 Å². The number of nitrogens with zero attached hydrogens (tertiary/aromatic N) is 4. The number of esters is 1. The van der Waals surface area contributed by atoms with Gasteiger partial charge in [-0.05, 0) is 12.1 Å². The summed E-state index contributed by atoms with van der Waals surface area (Å²) in [6.07, 6.45) is 4.15. The quantitative estimate of drug-likeness (QED) is 0.771. The van der Waals surface area contributed by atoms with Crippen molar-refractivity contribution in [1.82, 2.24) is 14.9 Å². The van der Waals surface area contributed by atoms with Gasteiger partial charge in [0, 0.05) is 38.6 Å². The van der Waals surface area contributed by atoms with Gasteiger partial charge >= 0.3 is 5.97 Å². The number of aromatic nitrogens is 2. The molecule has 7 nitrogen and oxygen atoms in total. The number of benzene rings is 1. The highest BCUT2D eigenvalue weighted by Crippen LogP contribution is 2.25. The van der Waals surface area contributed by atoms with Crippen LogP contribution in [0.25, 0.3) is 0 Å². The molecule has 2 aromatic rings. The number of hydrogen-bond donors (Lipinski definition) is 0. The van der Waals surface area contributed by atoms with Crippen LogP contribution in [0, 0.1) is 0 Å². The summed E-state index contributed by atoms with van der Waals surface area (Å²) < 4.78 is 5.01. The van der Waals surface area contributed by atoms with Crippen LogP contribution in [-0.2, 0) is 9.53 Å². The van der Waals surface area contributed by atoms with Crippen molar-refractivity contribution in [3.63, 3.8) is 0 Å². The fourth-order valence-electron chi connectivity index (χ4n) is 2.60. The maximum Gasteiger partial charge on any atom is 0.359 e. The van der Waals surface area contributed by atoms with Crippen molar-refractivity contribution in [1.29, 1.82) is 0 Å². The second kappa shape index (κ2) is 7.94. The molecule has 0 atom stereocenters. The summed E-state index contributed by atoms with van der Waals surface area (Å²) in [6, 6.07) is 7.63. The molecule has 0 spiro atoms. The summed E-state index contributed by atoms with van der Waals surface area (Å²) in [5.74, 6) is -0.882. The minimum atomic E-state index is -0.656. The highest BCUT2D eigenvalue weighted by molar-refractivity contribution is 6.33. The van der Waals surface area contributed by atoms with Crippen LogP contribution in [0.3, 0.4) is 0 Å². The number of amides is 1. The Balaban J connectivity index is 1.49. The van der Waals surface area contributed by atoms with Crippen LogP contribution in [0.5, 0.6) is 0 Å². The molecule has 1 aromatic heterocycles. The van der Waals surface area contributed by atoms with Crippen molar-refractivity contribution < 1.29 is 14.3 Å². The number of hydrogen-bond acceptors (Lipinski definition) is 6. The minimum Gasteiger partial charge on any atom is -0.451 e. The molecule has 0 unspecified atom stereocenters. The molecule has 0 N–H and O–H groups in total. The lowest BCUT2D eigenvalue weighted by molar-refractivity contribution is -0.134. The number of carbonyl (C=O) groups excluding carboxylic acids is 2. The smallest absolute Gasteiger partial charge is 0.359 e. The number of para-hydroxylation sites is 1. The largest absolute Gasteiger partial charge is 0.451 e. The maximum absolute atomic E-state index is 12.2. The summed E-state index contributed by atoms with van der Waals surface area (Å²) in [6.45, 7) is 2.14. The molecule has 130 valence electrons. The minimum absolute atomic E-state index is 0.0823. The molecule has 25 heavy (non-hydrogen) atoms. The van der Waals surface area contributed by atoms with Gasteiger partial charge in [0.25, 0.3) is 5.91 Å². The van der Waals surface area contributed by atoms with E-state index in [1.54, 1.807) is 4.90 Å². The van der Waals surface area contributed by atoms with E-state index in [9.17, 15) is 9.59 Å². The number of carbonyl (C=O) groups is 2. The fraction of sp³-hybridized carbons (Fsp3) is 0.294. The Morgan fingerprint density at radius 1 is 1.12 bits per heavy atom. The second-order valence-electron chi connectivity index (χ2n) is 5.49. The molecule has 8 heteroatoms. The molecular weight excluding hydrogens is 344 g/mol. The predicted octanol–water partition coefficient (Wildman–Crippen LogP) is 1.64. The Bertz CT molecular complexity index is 749. The van der Waals surface area contributed by atoms with Crippen molar-refractivity contribution in [2.24, 2.45) is 0 Å². The molecule has 0 aliphatic carbocycles. The van der Waals surface area contributed by atoms with Crippen molar-refractivity contribution >= 4 is 29.2 Å². The number of rotatable bonds is 4. The van der Waals surface area contributed by atoms with Gasteiger partial charge in [-0.15, -0.1) is 0 Å². The van der Waals surface area contributed by atoms with Gasteiger partial charge in [-0.2, -0.15) is 0 Å². The van der Waals surface area contributed by atoms with E-state index >= 15 is 0 Å². The number of anilines is 1. The van der Waals surface area contributed by atoms with E-state index in [0.717, 1.165) is 5.69 Å². The summed E-state index contributed by atoms with van der Waals surface area (Å²) in [5, 5.41) is 0.695. The molecule has 2 heterocycles. The summed E-state index contributed by atoms with van der Waals surface area (Å²) in [5.41, 5.74) is 1.05. The zero-order valence-corrected chi connectivity index (χ0v) is 14.2. The number of halogens is 1. The van der Waals surface area contributed by atoms with Gasteiger partial charge in [-0.1, -0.05) is 23.7 Å². The molecule has 1 aliphatic rings. The first-order valence-corrected chi connectivity index (χ1v) is 8.23. The van der Waals surface area contributed by atoms with Crippen LogP contribution in [0.1, 0.15) is 10.5 Å². The monoisotopic (exact) mass is 360 g/mol. The van der Waals surface area contributed by atoms with Crippen LogP contribution in [-0.4, -0.2) is 59.5 Å². The zero-order valence-electron chi connectivity index (χ0n) is 13.5. The van der Waals surface area contributed by atoms with Gasteiger partial charge < -0.3 is 14.5 Å². The Hall–Kier alpha value is -2.67. The molecule has 1 aromatic carbocycles. The molecular formula is C17H17ClN4O3. The molecule has 1 amide bonds. The van der Waals surface area contributed by atoms with Crippen LogP contribution in [0.15, 0.2) is 42.9 Å². The number of ether oxygens (including phenoxy) is 1. The fourth-order valence-corrected chi connectivity index (χ4v) is 2.86. The van der Waals surface area contributed by atoms with Gasteiger partial charge in [-0.25, -0.2) is 9.78 Å². The molecule has 1 saturated heterocycles. The van der Waals surface area contributed by atoms with Crippen molar-refractivity contribution in [3.8, 4) is 0 Å². The van der Waals surface area contributed by atoms with E-state index in [-0.39, 0.29) is 18.2 Å². The number of piperazine rings is 1. The van der Waals surface area contributed by atoms with Crippen LogP contribution in [0.4, 0.5) is 5.69 Å². The predicted molar refractivity (Wildman–Crippen MR) is 92.6 cm³/mol. The van der Waals surface area contributed by atoms with Gasteiger partial charge in [0.05, 0.1) is 16.9 Å². The third-order valence-corrected chi connectivity index (χ3v) is 4.24. The van der Waals surface area contributed by atoms with Gasteiger partial charge in [-0.3, -0.25) is 9.78 Å². The van der Waals surface area contributed by atoms with Gasteiger partial charge in [0.1, 0.15) is 0 Å². The Morgan fingerprint density at radius 3 is 2.56 bits per heavy atom. The van der Waals surface area contributed by atoms with E-state index in [1.165, 1.54) is 18.6 Å². The summed E-state index contributed by atoms with van der Waals surface area (Å²) >= 11 is 6.21. The van der Waals surface area contributed by atoms with E-state index in [4.69, 9.17) is 16.3 Å². The van der Waals surface area contributed by atoms with Gasteiger partial charge in [0.15, 0.2) is 12.3 Å². The zero-order chi connectivity index (χ0) is 17.6. The Morgan fingerprint density at radius 2 is 1.88 bits per heavy atom. The third kappa shape index (κ3) is 4.24. The average Bonchev–Trinajstić information content (AvgIpc) is 2.67. The standard InChI is InChI=1S/C17H17ClN4O3/c18-13-3-1-2-4-15(13)21-7-9-22(10-8-21)16(23)12-25-17(24)14-11-19-5-6-20-14/h1-6,11H,7-10,12H2. The SMILES string of the molecule is O=C(OCC(=O)N1CCN(c2ccccc2Cl)CC1)c1cnccn1. The first-order valence-electron chi connectivity index (χ1n) is 7.85. The lowest BCUT2D eigenvalue weighted by Gasteiger charge is -2.36. The first kappa shape index (κ1) is 17.2. The average molecular weight is 361 g/mol. The lowest BCUT2D eigenvalue weighted by Crippen LogP contribution is -2.50. The Kier molecular flexibility index (Phi) is 5.45. The van der Waals surface area contributed by atoms with E-state index in [0.29, 0.717) is 31.2 Å². The van der Waals surface area contributed by atoms with Crippen LogP contribution in [0.2, 0.25) is 5.02 Å². The van der Waals surface area contributed by atoms with Crippen LogP contribution >= 0.6 is 11.6 Å². The molecule has 1 fully saturated rings. The maximum atomic E-state index is 12.2. The summed E-state index contributed by atoms with van der Waals surface area (Å²) in [4.78, 5) is 35.4. The van der Waals surface area contributed by atoms with E-state index in [2.05, 4.69) is 14.9 Å². The lowest BCUT2D eigenvalue weighted by atomic mass is 10.2. The topological polar surface area (TPSA) is 75.6 Å². The normalized spacial score (nSPS) is 14.3. The van der Waals surface area contributed by atoms with E-state index in [1.807, 2.05) is 24.3 Å². The van der Waals surface area contributed by atoms with Crippen LogP contribution < -0.4 is 4.90 Å². The van der Waals surface area contributed by atoms with Crippen molar-refractivity contribution in [2.75, 3.05) is 37.7 Å². The molecule has 0 radical (unpaired) electrons. The molecule has 0 bridgehead atoms. The van der Waals surface area contributed by atoms with Gasteiger partial charge in [0.2, 0.25) is 0 Å². The highest BCUT2D eigenvalue weighted by atomic mass is 35.5. The molecule has 1 aliphatic heterocycles. The third-order valence-electron chi connectivity index (χ3n) is 3.92. The molecule has 3 rings (SSSR count). The Labute approximate surface area is 150 Å². The second-order valence-corrected chi connectivity index (χ2v) is 5.89. The first-order chi connectivity index (χ1) is 12.1. The highest BCUT2D eigenvalue weighted by Gasteiger charge is 2.23. The molecule has 0 saturated carbocycles. The van der Waals surface area contributed by atoms with Crippen molar-refractivity contribution in [3.05, 3.63) is 53.6 Å².